The second-order valence-corrected chi connectivity index (χ2v) is 4.47. The first-order valence-electron chi connectivity index (χ1n) is 6.53. The van der Waals surface area contributed by atoms with Gasteiger partial charge in [0.2, 0.25) is 0 Å². The van der Waals surface area contributed by atoms with Crippen molar-refractivity contribution in [3.8, 4) is 18.1 Å². The molecular formula is C17H16N2O. The van der Waals surface area contributed by atoms with Gasteiger partial charge >= 0.3 is 0 Å². The zero-order valence-electron chi connectivity index (χ0n) is 11.4. The van der Waals surface area contributed by atoms with Crippen LogP contribution in [0, 0.1) is 12.3 Å². The highest BCUT2D eigenvalue weighted by Gasteiger charge is 2.01. The van der Waals surface area contributed by atoms with Crippen LogP contribution in [-0.4, -0.2) is 5.11 Å². The van der Waals surface area contributed by atoms with Crippen LogP contribution >= 0.6 is 0 Å². The summed E-state index contributed by atoms with van der Waals surface area (Å²) in [6.07, 6.45) is 7.34. The number of rotatable bonds is 4. The van der Waals surface area contributed by atoms with E-state index in [-0.39, 0.29) is 5.75 Å². The van der Waals surface area contributed by atoms with Gasteiger partial charge in [-0.25, -0.2) is 0 Å². The predicted octanol–water partition coefficient (Wildman–Crippen LogP) is 4.74. The first kappa shape index (κ1) is 13.8. The number of phenols is 1. The maximum Gasteiger partial charge on any atom is 0.143 e. The van der Waals surface area contributed by atoms with Crippen LogP contribution in [0.5, 0.6) is 5.75 Å². The highest BCUT2D eigenvalue weighted by molar-refractivity contribution is 5.53. The Morgan fingerprint density at radius 1 is 1.15 bits per heavy atom. The molecule has 2 aromatic rings. The molecule has 0 saturated heterocycles. The summed E-state index contributed by atoms with van der Waals surface area (Å²) in [6, 6.07) is 12.7. The number of hydrogen-bond donors (Lipinski definition) is 1. The molecule has 3 nitrogen and oxygen atoms in total. The summed E-state index contributed by atoms with van der Waals surface area (Å²) in [5.41, 5.74) is 3.03. The van der Waals surface area contributed by atoms with Gasteiger partial charge in [-0.2, -0.15) is 5.11 Å². The highest BCUT2D eigenvalue weighted by atomic mass is 16.3. The molecule has 0 aliphatic rings. The third-order valence-electron chi connectivity index (χ3n) is 2.86. The fraction of sp³-hybridized carbons (Fsp3) is 0.176. The zero-order chi connectivity index (χ0) is 14.4. The molecule has 0 aliphatic carbocycles. The fourth-order valence-electron chi connectivity index (χ4n) is 1.86. The Balaban J connectivity index is 2.26. The Morgan fingerprint density at radius 3 is 2.75 bits per heavy atom. The van der Waals surface area contributed by atoms with E-state index in [1.165, 1.54) is 0 Å². The molecule has 0 atom stereocenters. The van der Waals surface area contributed by atoms with Crippen molar-refractivity contribution in [1.29, 1.82) is 0 Å². The van der Waals surface area contributed by atoms with E-state index in [4.69, 9.17) is 6.42 Å². The van der Waals surface area contributed by atoms with Crippen molar-refractivity contribution in [3.05, 3.63) is 53.6 Å². The molecule has 0 spiro atoms. The predicted molar refractivity (Wildman–Crippen MR) is 80.7 cm³/mol. The van der Waals surface area contributed by atoms with E-state index < -0.39 is 0 Å². The maximum absolute atomic E-state index is 9.80. The minimum atomic E-state index is 0.127. The van der Waals surface area contributed by atoms with Gasteiger partial charge in [-0.15, -0.1) is 11.5 Å². The van der Waals surface area contributed by atoms with Crippen LogP contribution in [0.15, 0.2) is 52.7 Å². The van der Waals surface area contributed by atoms with Crippen LogP contribution in [0.4, 0.5) is 11.4 Å². The van der Waals surface area contributed by atoms with E-state index in [1.54, 1.807) is 12.1 Å². The first-order valence-corrected chi connectivity index (χ1v) is 6.53. The number of benzene rings is 2. The molecule has 0 amide bonds. The Morgan fingerprint density at radius 2 is 2.00 bits per heavy atom. The monoisotopic (exact) mass is 264 g/mol. The summed E-state index contributed by atoms with van der Waals surface area (Å²) in [6.45, 7) is 2.11. The molecule has 0 fully saturated rings. The smallest absolute Gasteiger partial charge is 0.143 e. The van der Waals surface area contributed by atoms with Gasteiger partial charge in [0.25, 0.3) is 0 Å². The van der Waals surface area contributed by atoms with Crippen molar-refractivity contribution in [1.82, 2.24) is 0 Å². The molecule has 20 heavy (non-hydrogen) atoms. The lowest BCUT2D eigenvalue weighted by molar-refractivity contribution is 0.476. The van der Waals surface area contributed by atoms with Gasteiger partial charge in [-0.3, -0.25) is 0 Å². The summed E-state index contributed by atoms with van der Waals surface area (Å²) in [4.78, 5) is 0. The average Bonchev–Trinajstić information content (AvgIpc) is 2.48. The van der Waals surface area contributed by atoms with Gasteiger partial charge in [0.15, 0.2) is 0 Å². The van der Waals surface area contributed by atoms with Crippen molar-refractivity contribution in [3.63, 3.8) is 0 Å². The number of terminal acetylenes is 1. The molecular weight excluding hydrogens is 248 g/mol. The van der Waals surface area contributed by atoms with Gasteiger partial charge in [0, 0.05) is 5.56 Å². The van der Waals surface area contributed by atoms with Crippen molar-refractivity contribution >= 4 is 11.4 Å². The summed E-state index contributed by atoms with van der Waals surface area (Å²) >= 11 is 0. The summed E-state index contributed by atoms with van der Waals surface area (Å²) < 4.78 is 0. The van der Waals surface area contributed by atoms with Crippen LogP contribution in [0.1, 0.15) is 24.5 Å². The number of aromatic hydroxyl groups is 1. The lowest BCUT2D eigenvalue weighted by Crippen LogP contribution is -1.81. The fourth-order valence-corrected chi connectivity index (χ4v) is 1.86. The van der Waals surface area contributed by atoms with Crippen molar-refractivity contribution < 1.29 is 5.11 Å². The van der Waals surface area contributed by atoms with E-state index in [9.17, 15) is 5.11 Å². The van der Waals surface area contributed by atoms with Gasteiger partial charge in [-0.05, 0) is 42.3 Å². The first-order chi connectivity index (χ1) is 9.72. The molecule has 0 heterocycles. The maximum atomic E-state index is 9.80. The highest BCUT2D eigenvalue weighted by Crippen LogP contribution is 2.29. The van der Waals surface area contributed by atoms with Crippen molar-refractivity contribution in [2.24, 2.45) is 10.2 Å². The standard InChI is InChI=1S/C17H16N2O/c1-3-6-14-9-10-17(20)16(12-14)19-18-15-8-5-7-13(4-2)11-15/h2,5,7-12,20H,3,6H2,1H3/b19-18+. The lowest BCUT2D eigenvalue weighted by Gasteiger charge is -2.02. The largest absolute Gasteiger partial charge is 0.506 e. The minimum Gasteiger partial charge on any atom is -0.506 e. The molecule has 0 bridgehead atoms. The quantitative estimate of drug-likeness (QED) is 0.629. The van der Waals surface area contributed by atoms with Gasteiger partial charge < -0.3 is 5.11 Å². The zero-order valence-corrected chi connectivity index (χ0v) is 11.4. The van der Waals surface area contributed by atoms with E-state index in [2.05, 4.69) is 23.1 Å². The van der Waals surface area contributed by atoms with Crippen LogP contribution in [0.2, 0.25) is 0 Å². The second kappa shape index (κ2) is 6.53. The van der Waals surface area contributed by atoms with Crippen LogP contribution in [-0.2, 0) is 6.42 Å². The van der Waals surface area contributed by atoms with Gasteiger partial charge in [0.05, 0.1) is 5.69 Å². The second-order valence-electron chi connectivity index (χ2n) is 4.47. The molecule has 2 rings (SSSR count). The molecule has 0 unspecified atom stereocenters. The van der Waals surface area contributed by atoms with E-state index in [1.807, 2.05) is 30.3 Å². The van der Waals surface area contributed by atoms with E-state index in [0.717, 1.165) is 24.0 Å². The third kappa shape index (κ3) is 3.46. The number of azo groups is 1. The SMILES string of the molecule is C#Cc1cccc(/N=N/c2cc(CCC)ccc2O)c1. The molecule has 2 aromatic carbocycles. The van der Waals surface area contributed by atoms with Gasteiger partial charge in [0.1, 0.15) is 11.4 Å². The third-order valence-corrected chi connectivity index (χ3v) is 2.86. The normalized spacial score (nSPS) is 10.6. The molecule has 0 aliphatic heterocycles. The Bertz CT molecular complexity index is 669. The molecule has 0 radical (unpaired) electrons. The number of aryl methyl sites for hydroxylation is 1. The Hall–Kier alpha value is -2.60. The number of phenolic OH excluding ortho intramolecular Hbond substituents is 1. The molecule has 0 aromatic heterocycles. The molecule has 0 saturated carbocycles. The van der Waals surface area contributed by atoms with E-state index >= 15 is 0 Å². The Labute approximate surface area is 119 Å². The molecule has 3 heteroatoms. The Kier molecular flexibility index (Phi) is 4.52. The lowest BCUT2D eigenvalue weighted by atomic mass is 10.1. The molecule has 1 N–H and O–H groups in total. The van der Waals surface area contributed by atoms with E-state index in [0.29, 0.717) is 11.4 Å². The van der Waals surface area contributed by atoms with Crippen molar-refractivity contribution in [2.45, 2.75) is 19.8 Å². The average molecular weight is 264 g/mol. The summed E-state index contributed by atoms with van der Waals surface area (Å²) in [5.74, 6) is 2.68. The van der Waals surface area contributed by atoms with Crippen LogP contribution in [0.25, 0.3) is 0 Å². The summed E-state index contributed by atoms with van der Waals surface area (Å²) in [7, 11) is 0. The minimum absolute atomic E-state index is 0.127. The van der Waals surface area contributed by atoms with Crippen LogP contribution < -0.4 is 0 Å². The van der Waals surface area contributed by atoms with Crippen molar-refractivity contribution in [2.75, 3.05) is 0 Å². The van der Waals surface area contributed by atoms with Gasteiger partial charge in [-0.1, -0.05) is 31.4 Å². The number of hydrogen-bond acceptors (Lipinski definition) is 3. The topological polar surface area (TPSA) is 45.0 Å². The summed E-state index contributed by atoms with van der Waals surface area (Å²) in [5, 5.41) is 18.0. The number of nitrogens with zero attached hydrogens (tertiary/aromatic N) is 2. The van der Waals surface area contributed by atoms with Crippen LogP contribution in [0.3, 0.4) is 0 Å². The molecule has 100 valence electrons.